The zero-order valence-electron chi connectivity index (χ0n) is 20.8. The van der Waals surface area contributed by atoms with Crippen LogP contribution < -0.4 is 11.1 Å². The third-order valence-corrected chi connectivity index (χ3v) is 9.03. The lowest BCUT2D eigenvalue weighted by Crippen LogP contribution is -2.46. The SMILES string of the molecule is CN1C(=O)[C@@](CCCC2CCCCC2)(C[C@H]2CCC[C@@H](NC(=O)C3CCCCC3)C2)N=C1N. The minimum absolute atomic E-state index is 0.0806. The van der Waals surface area contributed by atoms with Gasteiger partial charge in [0.15, 0.2) is 5.96 Å². The standard InChI is InChI=1S/C27H46N4O2/c1-31-25(33)27(30-26(31)28,17-9-13-20-10-4-2-5-11-20)19-21-12-8-16-23(18-21)29-24(32)22-14-6-3-7-15-22/h20-23H,2-19H2,1H3,(H2,28,30)(H,29,32)/t21-,23+,27+/m0/s1. The second-order valence-electron chi connectivity index (χ2n) is 11.5. The van der Waals surface area contributed by atoms with E-state index >= 15 is 0 Å². The number of aliphatic imine (C=N–C) groups is 1. The van der Waals surface area contributed by atoms with E-state index in [0.717, 1.165) is 63.7 Å². The Morgan fingerprint density at radius 1 is 1.00 bits per heavy atom. The fourth-order valence-corrected chi connectivity index (χ4v) is 7.08. The van der Waals surface area contributed by atoms with Gasteiger partial charge in [0.1, 0.15) is 5.54 Å². The average Bonchev–Trinajstić information content (AvgIpc) is 3.04. The predicted octanol–water partition coefficient (Wildman–Crippen LogP) is 4.91. The molecule has 0 bridgehead atoms. The molecule has 0 unspecified atom stereocenters. The Hall–Kier alpha value is -1.59. The summed E-state index contributed by atoms with van der Waals surface area (Å²) in [5.41, 5.74) is 5.45. The molecule has 0 aromatic heterocycles. The van der Waals surface area contributed by atoms with Crippen LogP contribution in [0.5, 0.6) is 0 Å². The quantitative estimate of drug-likeness (QED) is 0.542. The van der Waals surface area contributed by atoms with Crippen molar-refractivity contribution in [3.05, 3.63) is 0 Å². The molecule has 2 amide bonds. The van der Waals surface area contributed by atoms with Crippen molar-refractivity contribution >= 4 is 17.8 Å². The lowest BCUT2D eigenvalue weighted by Gasteiger charge is -2.35. The maximum atomic E-state index is 13.3. The molecule has 3 saturated carbocycles. The van der Waals surface area contributed by atoms with Crippen LogP contribution in [-0.2, 0) is 9.59 Å². The van der Waals surface area contributed by atoms with E-state index in [1.165, 1.54) is 57.8 Å². The van der Waals surface area contributed by atoms with Crippen molar-refractivity contribution in [3.63, 3.8) is 0 Å². The number of hydrogen-bond acceptors (Lipinski definition) is 4. The van der Waals surface area contributed by atoms with Crippen molar-refractivity contribution in [1.82, 2.24) is 10.2 Å². The molecule has 3 N–H and O–H groups in total. The zero-order valence-corrected chi connectivity index (χ0v) is 20.8. The van der Waals surface area contributed by atoms with Crippen LogP contribution >= 0.6 is 0 Å². The molecule has 0 aromatic carbocycles. The number of amides is 2. The van der Waals surface area contributed by atoms with Gasteiger partial charge in [-0.2, -0.15) is 0 Å². The third kappa shape index (κ3) is 6.10. The Kier molecular flexibility index (Phi) is 8.34. The Morgan fingerprint density at radius 3 is 2.33 bits per heavy atom. The van der Waals surface area contributed by atoms with Gasteiger partial charge in [0, 0.05) is 19.0 Å². The monoisotopic (exact) mass is 458 g/mol. The van der Waals surface area contributed by atoms with Gasteiger partial charge in [-0.05, 0) is 50.4 Å². The Balaban J connectivity index is 1.35. The highest BCUT2D eigenvalue weighted by Crippen LogP contribution is 2.40. The molecule has 0 spiro atoms. The minimum atomic E-state index is -0.687. The zero-order chi connectivity index (χ0) is 23.3. The fraction of sp³-hybridized carbons (Fsp3) is 0.889. The van der Waals surface area contributed by atoms with Gasteiger partial charge in [0.05, 0.1) is 0 Å². The molecule has 1 aliphatic heterocycles. The summed E-state index contributed by atoms with van der Waals surface area (Å²) < 4.78 is 0. The molecule has 0 radical (unpaired) electrons. The normalized spacial score (nSPS) is 32.1. The first-order valence-corrected chi connectivity index (χ1v) is 13.9. The molecule has 0 aromatic rings. The number of nitrogens with one attached hydrogen (secondary N) is 1. The van der Waals surface area contributed by atoms with E-state index in [-0.39, 0.29) is 23.8 Å². The molecule has 6 heteroatoms. The highest BCUT2D eigenvalue weighted by Gasteiger charge is 2.47. The number of rotatable bonds is 8. The summed E-state index contributed by atoms with van der Waals surface area (Å²) in [6.07, 6.45) is 20.6. The van der Waals surface area contributed by atoms with E-state index in [9.17, 15) is 9.59 Å². The van der Waals surface area contributed by atoms with E-state index in [4.69, 9.17) is 10.7 Å². The van der Waals surface area contributed by atoms with Crippen LogP contribution in [-0.4, -0.2) is 41.3 Å². The maximum absolute atomic E-state index is 13.3. The third-order valence-electron chi connectivity index (χ3n) is 9.03. The summed E-state index contributed by atoms with van der Waals surface area (Å²) in [5.74, 6) is 2.16. The van der Waals surface area contributed by atoms with Gasteiger partial charge in [0.2, 0.25) is 5.91 Å². The first kappa shape index (κ1) is 24.5. The number of hydrogen-bond donors (Lipinski definition) is 2. The summed E-state index contributed by atoms with van der Waals surface area (Å²) in [6.45, 7) is 0. The summed E-state index contributed by atoms with van der Waals surface area (Å²) in [4.78, 5) is 32.5. The average molecular weight is 459 g/mol. The maximum Gasteiger partial charge on any atom is 0.257 e. The lowest BCUT2D eigenvalue weighted by atomic mass is 9.75. The van der Waals surface area contributed by atoms with Crippen LogP contribution in [0.2, 0.25) is 0 Å². The van der Waals surface area contributed by atoms with Crippen LogP contribution in [0.3, 0.4) is 0 Å². The topological polar surface area (TPSA) is 87.8 Å². The summed E-state index contributed by atoms with van der Waals surface area (Å²) in [5, 5.41) is 3.38. The molecule has 3 fully saturated rings. The Morgan fingerprint density at radius 2 is 1.67 bits per heavy atom. The van der Waals surface area contributed by atoms with Gasteiger partial charge >= 0.3 is 0 Å². The molecule has 4 aliphatic rings. The smallest absolute Gasteiger partial charge is 0.257 e. The second-order valence-corrected chi connectivity index (χ2v) is 11.5. The van der Waals surface area contributed by atoms with Crippen LogP contribution in [0.15, 0.2) is 4.99 Å². The second kappa shape index (κ2) is 11.2. The van der Waals surface area contributed by atoms with Gasteiger partial charge in [-0.25, -0.2) is 4.99 Å². The van der Waals surface area contributed by atoms with Crippen molar-refractivity contribution in [2.45, 2.75) is 127 Å². The number of nitrogens with two attached hydrogens (primary N) is 1. The first-order valence-electron chi connectivity index (χ1n) is 13.9. The molecule has 186 valence electrons. The van der Waals surface area contributed by atoms with Crippen LogP contribution in [0.1, 0.15) is 116 Å². The van der Waals surface area contributed by atoms with Crippen molar-refractivity contribution in [1.29, 1.82) is 0 Å². The van der Waals surface area contributed by atoms with Gasteiger partial charge in [-0.1, -0.05) is 77.0 Å². The Bertz CT molecular complexity index is 711. The van der Waals surface area contributed by atoms with Crippen molar-refractivity contribution in [2.75, 3.05) is 7.05 Å². The molecule has 3 aliphatic carbocycles. The summed E-state index contributed by atoms with van der Waals surface area (Å²) in [7, 11) is 1.76. The van der Waals surface area contributed by atoms with Crippen molar-refractivity contribution in [3.8, 4) is 0 Å². The van der Waals surface area contributed by atoms with E-state index in [0.29, 0.717) is 11.9 Å². The summed E-state index contributed by atoms with van der Waals surface area (Å²) >= 11 is 0. The van der Waals surface area contributed by atoms with E-state index in [1.807, 2.05) is 0 Å². The highest BCUT2D eigenvalue weighted by molar-refractivity contribution is 6.06. The van der Waals surface area contributed by atoms with Crippen LogP contribution in [0.25, 0.3) is 0 Å². The van der Waals surface area contributed by atoms with Gasteiger partial charge < -0.3 is 11.1 Å². The lowest BCUT2D eigenvalue weighted by molar-refractivity contribution is -0.131. The van der Waals surface area contributed by atoms with Crippen LogP contribution in [0.4, 0.5) is 0 Å². The summed E-state index contributed by atoms with van der Waals surface area (Å²) in [6, 6.07) is 0.244. The van der Waals surface area contributed by atoms with E-state index in [1.54, 1.807) is 11.9 Å². The van der Waals surface area contributed by atoms with Gasteiger partial charge in [-0.3, -0.25) is 14.5 Å². The molecule has 3 atom stereocenters. The molecular formula is C27H46N4O2. The van der Waals surface area contributed by atoms with E-state index < -0.39 is 5.54 Å². The molecular weight excluding hydrogens is 412 g/mol. The van der Waals surface area contributed by atoms with Gasteiger partial charge in [-0.15, -0.1) is 0 Å². The largest absolute Gasteiger partial charge is 0.369 e. The van der Waals surface area contributed by atoms with Crippen molar-refractivity contribution in [2.24, 2.45) is 28.5 Å². The number of likely N-dealkylation sites (N-methyl/N-ethyl adjacent to an activating group) is 1. The van der Waals surface area contributed by atoms with Crippen LogP contribution in [0, 0.1) is 17.8 Å². The van der Waals surface area contributed by atoms with E-state index in [2.05, 4.69) is 5.32 Å². The molecule has 6 nitrogen and oxygen atoms in total. The Labute approximate surface area is 200 Å². The highest BCUT2D eigenvalue weighted by atomic mass is 16.2. The predicted molar refractivity (Wildman–Crippen MR) is 133 cm³/mol. The number of nitrogens with zero attached hydrogens (tertiary/aromatic N) is 2. The molecule has 4 rings (SSSR count). The fourth-order valence-electron chi connectivity index (χ4n) is 7.08. The van der Waals surface area contributed by atoms with Crippen molar-refractivity contribution < 1.29 is 9.59 Å². The number of guanidine groups is 1. The molecule has 0 saturated heterocycles. The number of carbonyl (C=O) groups excluding carboxylic acids is 2. The molecule has 33 heavy (non-hydrogen) atoms. The first-order chi connectivity index (χ1) is 16.0. The number of carbonyl (C=O) groups is 2. The molecule has 1 heterocycles. The minimum Gasteiger partial charge on any atom is -0.369 e. The van der Waals surface area contributed by atoms with Gasteiger partial charge in [0.25, 0.3) is 5.91 Å².